The number of nitrogens with zero attached hydrogens (tertiary/aromatic N) is 2. The number of rotatable bonds is 5. The minimum absolute atomic E-state index is 0.175. The highest BCUT2D eigenvalue weighted by molar-refractivity contribution is 6.31. The van der Waals surface area contributed by atoms with Crippen LogP contribution in [0.2, 0.25) is 5.02 Å². The van der Waals surface area contributed by atoms with Crippen LogP contribution in [0.25, 0.3) is 11.3 Å². The van der Waals surface area contributed by atoms with E-state index < -0.39 is 0 Å². The summed E-state index contributed by atoms with van der Waals surface area (Å²) in [5, 5.41) is 7.68. The Morgan fingerprint density at radius 3 is 2.56 bits per heavy atom. The van der Waals surface area contributed by atoms with Crippen LogP contribution < -0.4 is 10.9 Å². The number of carbonyl (C=O) groups is 1. The van der Waals surface area contributed by atoms with Crippen molar-refractivity contribution in [2.75, 3.05) is 5.32 Å². The smallest absolute Gasteiger partial charge is 0.267 e. The van der Waals surface area contributed by atoms with Gasteiger partial charge in [-0.1, -0.05) is 48.9 Å². The SMILES string of the molecule is CCc1ccc(-c2ccc(=O)n(CC(=O)Nc3cccc(Cl)c3C)n2)cc1. The summed E-state index contributed by atoms with van der Waals surface area (Å²) in [6.45, 7) is 3.74. The molecule has 0 fully saturated rings. The second-order valence-electron chi connectivity index (χ2n) is 6.23. The van der Waals surface area contributed by atoms with Crippen LogP contribution in [0.3, 0.4) is 0 Å². The summed E-state index contributed by atoms with van der Waals surface area (Å²) in [6.07, 6.45) is 0.955. The number of hydrogen-bond acceptors (Lipinski definition) is 3. The molecule has 0 unspecified atom stereocenters. The number of hydrogen-bond donors (Lipinski definition) is 1. The number of anilines is 1. The maximum atomic E-state index is 12.4. The molecule has 1 amide bonds. The van der Waals surface area contributed by atoms with Crippen LogP contribution in [0.15, 0.2) is 59.4 Å². The van der Waals surface area contributed by atoms with E-state index in [1.807, 2.05) is 31.2 Å². The van der Waals surface area contributed by atoms with E-state index in [0.717, 1.165) is 22.2 Å². The molecule has 138 valence electrons. The van der Waals surface area contributed by atoms with Gasteiger partial charge < -0.3 is 5.32 Å². The van der Waals surface area contributed by atoms with Crippen LogP contribution in [-0.4, -0.2) is 15.7 Å². The van der Waals surface area contributed by atoms with Crippen LogP contribution in [0.5, 0.6) is 0 Å². The Labute approximate surface area is 162 Å². The number of aromatic nitrogens is 2. The Morgan fingerprint density at radius 1 is 1.11 bits per heavy atom. The molecule has 0 saturated carbocycles. The van der Waals surface area contributed by atoms with E-state index in [0.29, 0.717) is 16.4 Å². The fourth-order valence-corrected chi connectivity index (χ4v) is 2.87. The molecule has 0 spiro atoms. The van der Waals surface area contributed by atoms with E-state index in [-0.39, 0.29) is 18.0 Å². The molecule has 0 aliphatic heterocycles. The highest BCUT2D eigenvalue weighted by Crippen LogP contribution is 2.23. The third-order valence-electron chi connectivity index (χ3n) is 4.36. The van der Waals surface area contributed by atoms with Crippen LogP contribution in [0, 0.1) is 6.92 Å². The largest absolute Gasteiger partial charge is 0.324 e. The number of aryl methyl sites for hydroxylation is 1. The average molecular weight is 382 g/mol. The maximum Gasteiger partial charge on any atom is 0.267 e. The van der Waals surface area contributed by atoms with Gasteiger partial charge in [0.05, 0.1) is 5.69 Å². The van der Waals surface area contributed by atoms with Gasteiger partial charge in [0.2, 0.25) is 5.91 Å². The van der Waals surface area contributed by atoms with E-state index in [4.69, 9.17) is 11.6 Å². The van der Waals surface area contributed by atoms with Crippen LogP contribution in [0.1, 0.15) is 18.1 Å². The summed E-state index contributed by atoms with van der Waals surface area (Å²) in [5.41, 5.74) is 3.82. The Balaban J connectivity index is 1.80. The predicted molar refractivity (Wildman–Crippen MR) is 108 cm³/mol. The first kappa shape index (κ1) is 18.9. The monoisotopic (exact) mass is 381 g/mol. The highest BCUT2D eigenvalue weighted by Gasteiger charge is 2.10. The molecule has 5 nitrogen and oxygen atoms in total. The quantitative estimate of drug-likeness (QED) is 0.724. The van der Waals surface area contributed by atoms with E-state index >= 15 is 0 Å². The summed E-state index contributed by atoms with van der Waals surface area (Å²) in [4.78, 5) is 24.5. The lowest BCUT2D eigenvalue weighted by Gasteiger charge is -2.11. The maximum absolute atomic E-state index is 12.4. The zero-order valence-corrected chi connectivity index (χ0v) is 16.0. The van der Waals surface area contributed by atoms with E-state index in [2.05, 4.69) is 17.3 Å². The van der Waals surface area contributed by atoms with Crippen molar-refractivity contribution in [2.24, 2.45) is 0 Å². The number of nitrogens with one attached hydrogen (secondary N) is 1. The lowest BCUT2D eigenvalue weighted by molar-refractivity contribution is -0.117. The third kappa shape index (κ3) is 4.44. The molecule has 1 aromatic heterocycles. The molecular weight excluding hydrogens is 362 g/mol. The number of carbonyl (C=O) groups excluding carboxylic acids is 1. The molecule has 0 saturated heterocycles. The molecule has 2 aromatic carbocycles. The van der Waals surface area contributed by atoms with Crippen molar-refractivity contribution < 1.29 is 4.79 Å². The molecule has 0 bridgehead atoms. The molecule has 27 heavy (non-hydrogen) atoms. The van der Waals surface area contributed by atoms with Gasteiger partial charge in [0.25, 0.3) is 5.56 Å². The Morgan fingerprint density at radius 2 is 1.85 bits per heavy atom. The summed E-state index contributed by atoms with van der Waals surface area (Å²) in [7, 11) is 0. The van der Waals surface area contributed by atoms with Gasteiger partial charge in [0, 0.05) is 22.3 Å². The molecule has 0 aliphatic rings. The molecular formula is C21H20ClN3O2. The van der Waals surface area contributed by atoms with Crippen molar-refractivity contribution in [3.05, 3.63) is 81.1 Å². The minimum atomic E-state index is -0.339. The van der Waals surface area contributed by atoms with Gasteiger partial charge in [-0.2, -0.15) is 5.10 Å². The van der Waals surface area contributed by atoms with Crippen LogP contribution in [0.4, 0.5) is 5.69 Å². The summed E-state index contributed by atoms with van der Waals surface area (Å²) >= 11 is 6.07. The summed E-state index contributed by atoms with van der Waals surface area (Å²) in [5.74, 6) is -0.339. The van der Waals surface area contributed by atoms with E-state index in [9.17, 15) is 9.59 Å². The number of benzene rings is 2. The molecule has 1 N–H and O–H groups in total. The van der Waals surface area contributed by atoms with E-state index in [1.165, 1.54) is 11.6 Å². The van der Waals surface area contributed by atoms with Crippen molar-refractivity contribution in [3.63, 3.8) is 0 Å². The lowest BCUT2D eigenvalue weighted by atomic mass is 10.1. The number of halogens is 1. The first-order valence-corrected chi connectivity index (χ1v) is 9.08. The van der Waals surface area contributed by atoms with Gasteiger partial charge in [-0.05, 0) is 42.7 Å². The number of amides is 1. The van der Waals surface area contributed by atoms with Crippen molar-refractivity contribution in [3.8, 4) is 11.3 Å². The van der Waals surface area contributed by atoms with Gasteiger partial charge >= 0.3 is 0 Å². The normalized spacial score (nSPS) is 10.6. The topological polar surface area (TPSA) is 64.0 Å². The fraction of sp³-hybridized carbons (Fsp3) is 0.190. The zero-order valence-electron chi connectivity index (χ0n) is 15.2. The Bertz CT molecular complexity index is 1030. The molecule has 1 heterocycles. The van der Waals surface area contributed by atoms with Gasteiger partial charge in [0.1, 0.15) is 6.54 Å². The molecule has 3 rings (SSSR count). The van der Waals surface area contributed by atoms with Crippen LogP contribution >= 0.6 is 11.6 Å². The first-order chi connectivity index (χ1) is 13.0. The summed E-state index contributed by atoms with van der Waals surface area (Å²) < 4.78 is 1.16. The van der Waals surface area contributed by atoms with Gasteiger partial charge in [-0.3, -0.25) is 9.59 Å². The lowest BCUT2D eigenvalue weighted by Crippen LogP contribution is -2.29. The molecule has 6 heteroatoms. The second-order valence-corrected chi connectivity index (χ2v) is 6.63. The molecule has 0 aliphatic carbocycles. The first-order valence-electron chi connectivity index (χ1n) is 8.70. The molecule has 0 atom stereocenters. The van der Waals surface area contributed by atoms with Crippen molar-refractivity contribution in [2.45, 2.75) is 26.8 Å². The summed E-state index contributed by atoms with van der Waals surface area (Å²) in [6, 6.07) is 16.4. The average Bonchev–Trinajstić information content (AvgIpc) is 2.67. The second kappa shape index (κ2) is 8.18. The Hall–Kier alpha value is -2.92. The zero-order chi connectivity index (χ0) is 19.4. The standard InChI is InChI=1S/C21H20ClN3O2/c1-3-15-7-9-16(10-8-15)19-11-12-21(27)25(24-19)13-20(26)23-18-6-4-5-17(22)14(18)2/h4-12H,3,13H2,1-2H3,(H,23,26). The van der Waals surface area contributed by atoms with E-state index in [1.54, 1.807) is 24.3 Å². The highest BCUT2D eigenvalue weighted by atomic mass is 35.5. The van der Waals surface area contributed by atoms with Crippen molar-refractivity contribution in [1.82, 2.24) is 9.78 Å². The Kier molecular flexibility index (Phi) is 5.72. The van der Waals surface area contributed by atoms with Crippen molar-refractivity contribution in [1.29, 1.82) is 0 Å². The van der Waals surface area contributed by atoms with Gasteiger partial charge in [-0.15, -0.1) is 0 Å². The molecule has 3 aromatic rings. The van der Waals surface area contributed by atoms with Gasteiger partial charge in [0.15, 0.2) is 0 Å². The fourth-order valence-electron chi connectivity index (χ4n) is 2.70. The van der Waals surface area contributed by atoms with Crippen LogP contribution in [-0.2, 0) is 17.8 Å². The van der Waals surface area contributed by atoms with Crippen molar-refractivity contribution >= 4 is 23.2 Å². The molecule has 0 radical (unpaired) electrons. The van der Waals surface area contributed by atoms with Gasteiger partial charge in [-0.25, -0.2) is 4.68 Å². The predicted octanol–water partition coefficient (Wildman–Crippen LogP) is 4.07. The third-order valence-corrected chi connectivity index (χ3v) is 4.77. The minimum Gasteiger partial charge on any atom is -0.324 e.